The largest absolute Gasteiger partial charge is 0.213 e. The maximum Gasteiger partial charge on any atom is 0.161 e. The Hall–Kier alpha value is 0.180. The number of hydrogen-bond acceptors (Lipinski definition) is 0. The third-order valence-corrected chi connectivity index (χ3v) is 0.730. The van der Waals surface area contributed by atoms with Crippen LogP contribution in [-0.4, -0.2) is 4.84 Å². The summed E-state index contributed by atoms with van der Waals surface area (Å²) < 4.78 is 22.4. The minimum Gasteiger partial charge on any atom is -0.213 e. The van der Waals surface area contributed by atoms with Crippen molar-refractivity contribution in [1.82, 2.24) is 0 Å². The Labute approximate surface area is 49.7 Å². The van der Waals surface area contributed by atoms with Gasteiger partial charge in [-0.15, -0.1) is 0 Å². The SMILES string of the molecule is FC=C(F)C(Cl)Cl. The average molecular weight is 147 g/mol. The molecule has 4 heteroatoms. The van der Waals surface area contributed by atoms with E-state index in [1.807, 2.05) is 0 Å². The second-order valence-electron chi connectivity index (χ2n) is 0.795. The topological polar surface area (TPSA) is 0 Å². The highest BCUT2D eigenvalue weighted by atomic mass is 35.5. The fourth-order valence-electron chi connectivity index (χ4n) is 0.0476. The molecule has 0 heterocycles. The van der Waals surface area contributed by atoms with E-state index in [0.29, 0.717) is 0 Å². The van der Waals surface area contributed by atoms with E-state index in [1.54, 1.807) is 0 Å². The predicted octanol–water partition coefficient (Wildman–Crippen LogP) is 2.57. The summed E-state index contributed by atoms with van der Waals surface area (Å²) in [5.41, 5.74) is 0. The summed E-state index contributed by atoms with van der Waals surface area (Å²) in [5.74, 6) is -1.16. The second-order valence-corrected chi connectivity index (χ2v) is 1.89. The van der Waals surface area contributed by atoms with Crippen LogP contribution in [0.25, 0.3) is 0 Å². The van der Waals surface area contributed by atoms with Gasteiger partial charge in [-0.25, -0.2) is 8.78 Å². The van der Waals surface area contributed by atoms with E-state index in [4.69, 9.17) is 23.2 Å². The van der Waals surface area contributed by atoms with Gasteiger partial charge in [0.15, 0.2) is 10.7 Å². The molecule has 0 N–H and O–H groups in total. The summed E-state index contributed by atoms with van der Waals surface area (Å²) in [6.45, 7) is 0. The van der Waals surface area contributed by atoms with E-state index in [9.17, 15) is 8.78 Å². The van der Waals surface area contributed by atoms with Gasteiger partial charge >= 0.3 is 0 Å². The maximum absolute atomic E-state index is 11.5. The molecule has 0 amide bonds. The van der Waals surface area contributed by atoms with Crippen LogP contribution < -0.4 is 0 Å². The molecule has 42 valence electrons. The van der Waals surface area contributed by atoms with Crippen molar-refractivity contribution in [3.63, 3.8) is 0 Å². The molecule has 0 saturated heterocycles. The fraction of sp³-hybridized carbons (Fsp3) is 0.333. The first kappa shape index (κ1) is 7.18. The van der Waals surface area contributed by atoms with E-state index in [2.05, 4.69) is 0 Å². The van der Waals surface area contributed by atoms with Gasteiger partial charge < -0.3 is 0 Å². The summed E-state index contributed by atoms with van der Waals surface area (Å²) in [6.07, 6.45) is -0.273. The van der Waals surface area contributed by atoms with Gasteiger partial charge in [0, 0.05) is 0 Å². The van der Waals surface area contributed by atoms with Crippen LogP contribution in [0.4, 0.5) is 8.78 Å². The number of rotatable bonds is 1. The van der Waals surface area contributed by atoms with Crippen molar-refractivity contribution in [2.45, 2.75) is 4.84 Å². The Morgan fingerprint density at radius 2 is 2.00 bits per heavy atom. The normalized spacial score (nSPS) is 13.0. The van der Waals surface area contributed by atoms with Crippen LogP contribution in [0.2, 0.25) is 0 Å². The zero-order valence-electron chi connectivity index (χ0n) is 3.17. The Morgan fingerprint density at radius 3 is 2.00 bits per heavy atom. The summed E-state index contributed by atoms with van der Waals surface area (Å²) in [7, 11) is 0. The van der Waals surface area contributed by atoms with Gasteiger partial charge in [-0.2, -0.15) is 0 Å². The van der Waals surface area contributed by atoms with Crippen LogP contribution in [0.5, 0.6) is 0 Å². The van der Waals surface area contributed by atoms with Gasteiger partial charge in [-0.05, 0) is 0 Å². The molecule has 0 aliphatic carbocycles. The Bertz CT molecular complexity index is 79.0. The highest BCUT2D eigenvalue weighted by molar-refractivity contribution is 6.45. The molecule has 7 heavy (non-hydrogen) atoms. The fourth-order valence-corrected chi connectivity index (χ4v) is 0.143. The molecule has 0 bridgehead atoms. The molecule has 0 fully saturated rings. The van der Waals surface area contributed by atoms with Gasteiger partial charge in [0.1, 0.15) is 6.33 Å². The molecule has 0 aromatic rings. The standard InChI is InChI=1S/C3H2Cl2F2/c4-3(5)2(7)1-6/h1,3H. The molecule has 0 atom stereocenters. The first-order chi connectivity index (χ1) is 3.18. The minimum atomic E-state index is -1.37. The zero-order chi connectivity index (χ0) is 5.86. The smallest absolute Gasteiger partial charge is 0.161 e. The van der Waals surface area contributed by atoms with E-state index >= 15 is 0 Å². The van der Waals surface area contributed by atoms with Crippen molar-refractivity contribution in [2.24, 2.45) is 0 Å². The zero-order valence-corrected chi connectivity index (χ0v) is 4.68. The van der Waals surface area contributed by atoms with Crippen LogP contribution in [-0.2, 0) is 0 Å². The first-order valence-electron chi connectivity index (χ1n) is 1.42. The van der Waals surface area contributed by atoms with E-state index < -0.39 is 10.7 Å². The lowest BCUT2D eigenvalue weighted by Gasteiger charge is -1.88. The molecule has 0 unspecified atom stereocenters. The second kappa shape index (κ2) is 3.22. The summed E-state index contributed by atoms with van der Waals surface area (Å²) in [6, 6.07) is 0. The van der Waals surface area contributed by atoms with Crippen LogP contribution in [0.1, 0.15) is 0 Å². The molecule has 0 nitrogen and oxygen atoms in total. The average Bonchev–Trinajstić information content (AvgIpc) is 1.65. The van der Waals surface area contributed by atoms with Crippen LogP contribution in [0.15, 0.2) is 12.2 Å². The molecule has 0 aromatic carbocycles. The summed E-state index contributed by atoms with van der Waals surface area (Å²) in [4.78, 5) is -1.37. The van der Waals surface area contributed by atoms with Gasteiger partial charge in [-0.1, -0.05) is 23.2 Å². The monoisotopic (exact) mass is 146 g/mol. The van der Waals surface area contributed by atoms with Gasteiger partial charge in [0.05, 0.1) is 0 Å². The van der Waals surface area contributed by atoms with Crippen molar-refractivity contribution in [3.8, 4) is 0 Å². The van der Waals surface area contributed by atoms with Crippen molar-refractivity contribution in [3.05, 3.63) is 12.2 Å². The lowest BCUT2D eigenvalue weighted by atomic mass is 10.7. The van der Waals surface area contributed by atoms with Gasteiger partial charge in [0.2, 0.25) is 0 Å². The maximum atomic E-state index is 11.5. The van der Waals surface area contributed by atoms with E-state index in [-0.39, 0.29) is 6.33 Å². The number of allylic oxidation sites excluding steroid dienone is 1. The quantitative estimate of drug-likeness (QED) is 0.500. The van der Waals surface area contributed by atoms with Crippen LogP contribution in [0.3, 0.4) is 0 Å². The third-order valence-electron chi connectivity index (χ3n) is 0.313. The minimum absolute atomic E-state index is 0.273. The van der Waals surface area contributed by atoms with Crippen molar-refractivity contribution >= 4 is 23.2 Å². The van der Waals surface area contributed by atoms with Crippen molar-refractivity contribution in [2.75, 3.05) is 0 Å². The van der Waals surface area contributed by atoms with Crippen molar-refractivity contribution < 1.29 is 8.78 Å². The lowest BCUT2D eigenvalue weighted by Crippen LogP contribution is -1.83. The van der Waals surface area contributed by atoms with Gasteiger partial charge in [0.25, 0.3) is 0 Å². The molecular weight excluding hydrogens is 145 g/mol. The Balaban J connectivity index is 3.56. The summed E-state index contributed by atoms with van der Waals surface area (Å²) >= 11 is 9.62. The molecule has 0 aliphatic heterocycles. The van der Waals surface area contributed by atoms with Crippen molar-refractivity contribution in [1.29, 1.82) is 0 Å². The Morgan fingerprint density at radius 1 is 1.57 bits per heavy atom. The highest BCUT2D eigenvalue weighted by Crippen LogP contribution is 2.14. The molecule has 0 aliphatic rings. The van der Waals surface area contributed by atoms with E-state index in [1.165, 1.54) is 0 Å². The van der Waals surface area contributed by atoms with Gasteiger partial charge in [-0.3, -0.25) is 0 Å². The highest BCUT2D eigenvalue weighted by Gasteiger charge is 2.03. The molecule has 0 rings (SSSR count). The molecular formula is C3H2Cl2F2. The predicted molar refractivity (Wildman–Crippen MR) is 25.8 cm³/mol. The molecule has 0 aromatic heterocycles. The van der Waals surface area contributed by atoms with E-state index in [0.717, 1.165) is 0 Å². The Kier molecular flexibility index (Phi) is 3.30. The molecule has 0 radical (unpaired) electrons. The summed E-state index contributed by atoms with van der Waals surface area (Å²) in [5, 5.41) is 0. The lowest BCUT2D eigenvalue weighted by molar-refractivity contribution is 0.579. The number of alkyl halides is 2. The number of hydrogen-bond donors (Lipinski definition) is 0. The van der Waals surface area contributed by atoms with Crippen LogP contribution in [0, 0.1) is 0 Å². The first-order valence-corrected chi connectivity index (χ1v) is 2.29. The molecule has 0 spiro atoms. The van der Waals surface area contributed by atoms with Crippen LogP contribution >= 0.6 is 23.2 Å². The third kappa shape index (κ3) is 2.83. The number of halogens is 4. The molecule has 0 saturated carbocycles.